The number of fused-ring (bicyclic) bond motifs is 2. The normalized spacial score (nSPS) is 22.3. The summed E-state index contributed by atoms with van der Waals surface area (Å²) in [6, 6.07) is 0. The molecule has 2 saturated carbocycles. The first-order chi connectivity index (χ1) is 24.0. The maximum atomic E-state index is 2.57. The van der Waals surface area contributed by atoms with Crippen LogP contribution in [0.2, 0.25) is 0 Å². The molecule has 5 unspecified atom stereocenters. The van der Waals surface area contributed by atoms with E-state index < -0.39 is 0 Å². The molecule has 6 rings (SSSR count). The smallest absolute Gasteiger partial charge is 0.0923 e. The summed E-state index contributed by atoms with van der Waals surface area (Å²) < 4.78 is 0. The van der Waals surface area contributed by atoms with Crippen molar-refractivity contribution < 1.29 is 0 Å². The molecule has 12 heteroatoms. The monoisotopic (exact) mass is 661 g/mol. The maximum Gasteiger partial charge on any atom is 0.139 e. The van der Waals surface area contributed by atoms with Gasteiger partial charge in [-0.3, -0.25) is 0 Å². The van der Waals surface area contributed by atoms with Crippen molar-refractivity contribution in [2.75, 3.05) is 0 Å². The molecular weight excluding hydrogens is 598 g/mol. The average molecular weight is 659 g/mol. The SMILES string of the molecule is Bc1c(B)c(C(C)C)c(B)c(B)c1CCC1CCC(C(C)c2c(B)c(B)c(-c3c(B)c(B)c(C4=C5CC(C)CC(C5)C4)c(B)c3B)c(B)c2B)C1. The predicted octanol–water partition coefficient (Wildman–Crippen LogP) is -9.68. The van der Waals surface area contributed by atoms with Crippen LogP contribution in [0.1, 0.15) is 113 Å². The molecule has 0 spiro atoms. The third-order valence-electron chi connectivity index (χ3n) is 15.6. The molecule has 3 aliphatic rings. The molecule has 3 aromatic carbocycles. The summed E-state index contributed by atoms with van der Waals surface area (Å²) in [5.74, 6) is 4.54. The second-order valence-electron chi connectivity index (χ2n) is 18.8. The van der Waals surface area contributed by atoms with Crippen LogP contribution in [0.25, 0.3) is 16.7 Å². The van der Waals surface area contributed by atoms with E-state index in [9.17, 15) is 0 Å². The summed E-state index contributed by atoms with van der Waals surface area (Å²) in [4.78, 5) is 0. The standard InChI is InChI=1S/C39H60B12/c1-14(2)23-30(42)28(40)21(29(41)31(23)43)8-6-17-5-7-19(11-17)16(4)24-32(44)36(48)26(37(49)33(24)45)27-38(50)34(46)25(35(47)39(27)51)22-13-18-9-15(3)10-20(22)12-18/h14-19H,5-13,40-51H2,1-4H3. The van der Waals surface area contributed by atoms with Crippen LogP contribution in [0.15, 0.2) is 5.57 Å². The highest BCUT2D eigenvalue weighted by molar-refractivity contribution is 6.66. The van der Waals surface area contributed by atoms with Gasteiger partial charge in [-0.05, 0) is 109 Å². The Bertz CT molecular complexity index is 1860. The van der Waals surface area contributed by atoms with Crippen LogP contribution in [0, 0.1) is 23.7 Å². The van der Waals surface area contributed by atoms with Crippen LogP contribution in [-0.2, 0) is 6.42 Å². The molecule has 0 aromatic heterocycles. The van der Waals surface area contributed by atoms with Crippen molar-refractivity contribution in [2.45, 2.75) is 97.3 Å². The molecule has 5 atom stereocenters. The van der Waals surface area contributed by atoms with Gasteiger partial charge in [-0.1, -0.05) is 122 Å². The second kappa shape index (κ2) is 14.8. The highest BCUT2D eigenvalue weighted by Crippen LogP contribution is 2.47. The lowest BCUT2D eigenvalue weighted by molar-refractivity contribution is 0.364. The van der Waals surface area contributed by atoms with Crippen molar-refractivity contribution in [1.29, 1.82) is 0 Å². The molecule has 0 nitrogen and oxygen atoms in total. The molecule has 0 radical (unpaired) electrons. The quantitative estimate of drug-likeness (QED) is 0.211. The predicted molar refractivity (Wildman–Crippen MR) is 266 cm³/mol. The van der Waals surface area contributed by atoms with Gasteiger partial charge in [-0.15, -0.1) is 0 Å². The highest BCUT2D eigenvalue weighted by Gasteiger charge is 2.35. The van der Waals surface area contributed by atoms with Crippen molar-refractivity contribution in [2.24, 2.45) is 23.7 Å². The van der Waals surface area contributed by atoms with Gasteiger partial charge in [0.15, 0.2) is 0 Å². The van der Waals surface area contributed by atoms with Gasteiger partial charge in [-0.2, -0.15) is 0 Å². The molecule has 252 valence electrons. The first-order valence-corrected chi connectivity index (χ1v) is 21.0. The fourth-order valence-electron chi connectivity index (χ4n) is 12.3. The lowest BCUT2D eigenvalue weighted by Crippen LogP contribution is -2.52. The Kier molecular flexibility index (Phi) is 11.3. The van der Waals surface area contributed by atoms with Crippen molar-refractivity contribution in [1.82, 2.24) is 0 Å². The Hall–Kier alpha value is -1.82. The second-order valence-corrected chi connectivity index (χ2v) is 18.8. The minimum absolute atomic E-state index is 0.590. The zero-order valence-electron chi connectivity index (χ0n) is 35.8. The van der Waals surface area contributed by atoms with Gasteiger partial charge < -0.3 is 0 Å². The van der Waals surface area contributed by atoms with Gasteiger partial charge in [0.05, 0.1) is 0 Å². The molecule has 0 N–H and O–H groups in total. The summed E-state index contributed by atoms with van der Waals surface area (Å²) in [7, 11) is 29.0. The van der Waals surface area contributed by atoms with Crippen LogP contribution < -0.4 is 65.6 Å². The summed E-state index contributed by atoms with van der Waals surface area (Å²) in [6.07, 6.45) is 12.1. The van der Waals surface area contributed by atoms with E-state index in [0.717, 1.165) is 23.7 Å². The van der Waals surface area contributed by atoms with E-state index in [1.54, 1.807) is 55.3 Å². The third kappa shape index (κ3) is 6.66. The average Bonchev–Trinajstić information content (AvgIpc) is 3.67. The molecule has 0 aliphatic heterocycles. The minimum atomic E-state index is 0.590. The van der Waals surface area contributed by atoms with E-state index >= 15 is 0 Å². The first-order valence-electron chi connectivity index (χ1n) is 21.0. The summed E-state index contributed by atoms with van der Waals surface area (Å²) in [5, 5.41) is 0. The Labute approximate surface area is 323 Å². The van der Waals surface area contributed by atoms with Crippen LogP contribution in [0.5, 0.6) is 0 Å². The molecule has 2 fully saturated rings. The van der Waals surface area contributed by atoms with Crippen molar-refractivity contribution >= 4 is 165 Å². The van der Waals surface area contributed by atoms with E-state index in [1.807, 2.05) is 0 Å². The first kappa shape index (κ1) is 38.9. The lowest BCUT2D eigenvalue weighted by atomic mass is 9.56. The molecule has 3 aromatic rings. The third-order valence-corrected chi connectivity index (χ3v) is 15.6. The van der Waals surface area contributed by atoms with Crippen LogP contribution in [-0.4, -0.2) is 94.2 Å². The van der Waals surface area contributed by atoms with E-state index in [2.05, 4.69) is 122 Å². The van der Waals surface area contributed by atoms with E-state index in [0.29, 0.717) is 11.8 Å². The number of allylic oxidation sites excluding steroid dienone is 2. The van der Waals surface area contributed by atoms with Crippen LogP contribution in [0.3, 0.4) is 0 Å². The van der Waals surface area contributed by atoms with Crippen LogP contribution in [0.4, 0.5) is 0 Å². The van der Waals surface area contributed by atoms with Gasteiger partial charge in [-0.25, -0.2) is 0 Å². The minimum Gasteiger partial charge on any atom is -0.0923 e. The van der Waals surface area contributed by atoms with Crippen molar-refractivity contribution in [3.8, 4) is 11.1 Å². The summed E-state index contributed by atoms with van der Waals surface area (Å²) in [6.45, 7) is 9.75. The van der Waals surface area contributed by atoms with Crippen LogP contribution >= 0.6 is 0 Å². The molecule has 0 amide bonds. The fourth-order valence-corrected chi connectivity index (χ4v) is 12.3. The Morgan fingerprint density at radius 1 is 0.529 bits per heavy atom. The topological polar surface area (TPSA) is 0 Å². The number of rotatable bonds is 8. The summed E-state index contributed by atoms with van der Waals surface area (Å²) in [5.41, 5.74) is 31.4. The van der Waals surface area contributed by atoms with Gasteiger partial charge in [0.2, 0.25) is 0 Å². The number of benzene rings is 3. The molecule has 0 saturated heterocycles. The fraction of sp³-hybridized carbons (Fsp3) is 0.487. The highest BCUT2D eigenvalue weighted by atomic mass is 14.4. The Balaban J connectivity index is 1.27. The van der Waals surface area contributed by atoms with E-state index in [-0.39, 0.29) is 0 Å². The lowest BCUT2D eigenvalue weighted by Gasteiger charge is -2.31. The van der Waals surface area contributed by atoms with Crippen molar-refractivity contribution in [3.05, 3.63) is 27.8 Å². The Morgan fingerprint density at radius 3 is 1.55 bits per heavy atom. The van der Waals surface area contributed by atoms with Crippen molar-refractivity contribution in [3.63, 3.8) is 0 Å². The Morgan fingerprint density at radius 2 is 1.02 bits per heavy atom. The largest absolute Gasteiger partial charge is 0.139 e. The zero-order chi connectivity index (χ0) is 37.4. The zero-order valence-corrected chi connectivity index (χ0v) is 35.8. The molecule has 51 heavy (non-hydrogen) atoms. The number of hydrogen-bond donors (Lipinski definition) is 0. The number of hydrogen-bond acceptors (Lipinski definition) is 0. The molecular formula is C39H60B12. The van der Waals surface area contributed by atoms with E-state index in [1.165, 1.54) is 113 Å². The maximum absolute atomic E-state index is 2.57. The van der Waals surface area contributed by atoms with Gasteiger partial charge in [0.1, 0.15) is 94.2 Å². The van der Waals surface area contributed by atoms with Gasteiger partial charge >= 0.3 is 0 Å². The van der Waals surface area contributed by atoms with Gasteiger partial charge in [0, 0.05) is 0 Å². The molecule has 0 heterocycles. The molecule has 2 bridgehead atoms. The molecule has 3 aliphatic carbocycles. The van der Waals surface area contributed by atoms with Gasteiger partial charge in [0.25, 0.3) is 0 Å². The summed E-state index contributed by atoms with van der Waals surface area (Å²) >= 11 is 0. The van der Waals surface area contributed by atoms with E-state index in [4.69, 9.17) is 0 Å².